The monoisotopic (exact) mass is 938 g/mol. The molecule has 4 unspecified atom stereocenters. The lowest BCUT2D eigenvalue weighted by Crippen LogP contribution is -2.53. The average Bonchev–Trinajstić information content (AvgIpc) is 3.30. The number of carboxylic acids is 2. The molecule has 6 fully saturated rings. The fourth-order valence-corrected chi connectivity index (χ4v) is 13.7. The van der Waals surface area contributed by atoms with Crippen LogP contribution in [0.15, 0.2) is 60.7 Å². The lowest BCUT2D eigenvalue weighted by atomic mass is 9.77. The van der Waals surface area contributed by atoms with E-state index in [1.807, 2.05) is 12.1 Å². The van der Waals surface area contributed by atoms with E-state index in [4.69, 9.17) is 32.7 Å². The molecule has 6 atom stereocenters. The highest BCUT2D eigenvalue weighted by molar-refractivity contribution is 6.37. The largest absolute Gasteiger partial charge is 0.489 e. The molecule has 0 amide bonds. The molecule has 6 aliphatic rings. The molecule has 4 heterocycles. The molecule has 66 heavy (non-hydrogen) atoms. The van der Waals surface area contributed by atoms with Gasteiger partial charge in [-0.15, -0.1) is 0 Å². The van der Waals surface area contributed by atoms with Crippen molar-refractivity contribution in [2.45, 2.75) is 192 Å². The van der Waals surface area contributed by atoms with E-state index >= 15 is 0 Å². The Balaban J connectivity index is 0.000000166. The second-order valence-electron chi connectivity index (χ2n) is 21.5. The van der Waals surface area contributed by atoms with Crippen molar-refractivity contribution in [2.75, 3.05) is 0 Å². The number of fused-ring (bicyclic) bond motifs is 6. The Morgan fingerprint density at radius 3 is 1.21 bits per heavy atom. The van der Waals surface area contributed by atoms with Gasteiger partial charge in [-0.1, -0.05) is 86.3 Å². The van der Waals surface area contributed by atoms with Crippen LogP contribution < -0.4 is 9.47 Å². The Bertz CT molecular complexity index is 2170. The smallest absolute Gasteiger partial charge is 0.306 e. The first-order chi connectivity index (χ1) is 31.8. The summed E-state index contributed by atoms with van der Waals surface area (Å²) in [5, 5.41) is 24.9. The van der Waals surface area contributed by atoms with Gasteiger partial charge in [0.2, 0.25) is 0 Å². The van der Waals surface area contributed by atoms with Crippen LogP contribution in [-0.4, -0.2) is 68.3 Å². The molecule has 4 saturated heterocycles. The van der Waals surface area contributed by atoms with Crippen LogP contribution in [0.1, 0.15) is 166 Å². The van der Waals surface area contributed by atoms with Gasteiger partial charge in [0.25, 0.3) is 0 Å². The first-order valence-electron chi connectivity index (χ1n) is 25.6. The second kappa shape index (κ2) is 20.6. The van der Waals surface area contributed by atoms with Gasteiger partial charge in [0.1, 0.15) is 11.5 Å². The highest BCUT2D eigenvalue weighted by Gasteiger charge is 2.44. The average molecular weight is 940 g/mol. The van der Waals surface area contributed by atoms with E-state index in [0.29, 0.717) is 34.2 Å². The number of halogens is 2. The quantitative estimate of drug-likeness (QED) is 0.162. The summed E-state index contributed by atoms with van der Waals surface area (Å²) in [7, 11) is 0. The Hall–Kier alpha value is -3.56. The Kier molecular flexibility index (Phi) is 14.8. The van der Waals surface area contributed by atoms with Crippen LogP contribution in [0, 0.1) is 23.7 Å². The van der Waals surface area contributed by atoms with Gasteiger partial charge >= 0.3 is 11.9 Å². The standard InChI is InChI=1S/2C28H36ClNO3/c2*1-17-6-10-24(11-7-17)33-26-13-9-20-14-19(8-12-25(20)27(26)29)18(2)30-22-4-3-5-23(30)16-21(15-22)28(31)32/h2*8-9,12-14,17-18,21-24H,3-7,10-11,15-16H2,1-2H3,(H,31,32)/t2*17?,18-,21?,22?,23?,24?/m10/s1. The molecule has 0 aromatic heterocycles. The van der Waals surface area contributed by atoms with E-state index in [1.165, 1.54) is 49.7 Å². The van der Waals surface area contributed by atoms with Crippen molar-refractivity contribution in [3.63, 3.8) is 0 Å². The summed E-state index contributed by atoms with van der Waals surface area (Å²) in [5.41, 5.74) is 2.55. The predicted octanol–water partition coefficient (Wildman–Crippen LogP) is 14.5. The van der Waals surface area contributed by atoms with E-state index < -0.39 is 11.9 Å². The zero-order valence-electron chi connectivity index (χ0n) is 39.6. The van der Waals surface area contributed by atoms with Crippen molar-refractivity contribution < 1.29 is 29.3 Å². The fraction of sp³-hybridized carbons (Fsp3) is 0.607. The number of ether oxygens (including phenoxy) is 2. The molecule has 0 radical (unpaired) electrons. The van der Waals surface area contributed by atoms with E-state index in [9.17, 15) is 19.8 Å². The van der Waals surface area contributed by atoms with Crippen molar-refractivity contribution in [3.05, 3.63) is 81.8 Å². The number of hydrogen-bond acceptors (Lipinski definition) is 6. The van der Waals surface area contributed by atoms with Crippen LogP contribution in [0.4, 0.5) is 0 Å². The summed E-state index contributed by atoms with van der Waals surface area (Å²) in [6.45, 7) is 9.19. The van der Waals surface area contributed by atoms with Crippen molar-refractivity contribution in [1.29, 1.82) is 0 Å². The van der Waals surface area contributed by atoms with Crippen molar-refractivity contribution in [3.8, 4) is 11.5 Å². The SMILES string of the molecule is CC1CCC(Oc2ccc3cc([C@@H](C)N4C5CCCC4CC(C(=O)O)C5)ccc3c2Cl)CC1.CC1CCC(Oc2ccc3cc([C@H](C)N4C5CCCC4CC(C(=O)O)C5)ccc3c2Cl)CC1. The van der Waals surface area contributed by atoms with Gasteiger partial charge in [-0.25, -0.2) is 0 Å². The maximum atomic E-state index is 11.6. The molecule has 356 valence electrons. The lowest BCUT2D eigenvalue weighted by molar-refractivity contribution is -0.147. The van der Waals surface area contributed by atoms with Crippen LogP contribution in [0.5, 0.6) is 11.5 Å². The summed E-state index contributed by atoms with van der Waals surface area (Å²) >= 11 is 13.6. The number of aliphatic carboxylic acids is 2. The summed E-state index contributed by atoms with van der Waals surface area (Å²) in [5.74, 6) is 1.57. The van der Waals surface area contributed by atoms with E-state index in [2.05, 4.69) is 86.0 Å². The third-order valence-corrected chi connectivity index (χ3v) is 17.8. The maximum absolute atomic E-state index is 11.6. The van der Waals surface area contributed by atoms with Crippen molar-refractivity contribution >= 4 is 56.7 Å². The molecule has 4 aromatic rings. The minimum atomic E-state index is -0.625. The predicted molar refractivity (Wildman–Crippen MR) is 266 cm³/mol. The van der Waals surface area contributed by atoms with Crippen LogP contribution in [0.2, 0.25) is 10.0 Å². The third-order valence-electron chi connectivity index (χ3n) is 17.0. The van der Waals surface area contributed by atoms with E-state index in [0.717, 1.165) is 122 Å². The number of benzene rings is 4. The van der Waals surface area contributed by atoms with Gasteiger partial charge < -0.3 is 19.7 Å². The summed E-state index contributed by atoms with van der Waals surface area (Å²) in [4.78, 5) is 28.5. The van der Waals surface area contributed by atoms with Crippen LogP contribution in [0.3, 0.4) is 0 Å². The van der Waals surface area contributed by atoms with Crippen LogP contribution in [-0.2, 0) is 9.59 Å². The molecule has 0 spiro atoms. The molecule has 4 aliphatic heterocycles. The Morgan fingerprint density at radius 2 is 0.879 bits per heavy atom. The molecule has 8 nitrogen and oxygen atoms in total. The first-order valence-corrected chi connectivity index (χ1v) is 26.3. The molecular formula is C56H72Cl2N2O6. The molecule has 2 N–H and O–H groups in total. The molecule has 2 saturated carbocycles. The van der Waals surface area contributed by atoms with Gasteiger partial charge in [-0.3, -0.25) is 19.4 Å². The maximum Gasteiger partial charge on any atom is 0.306 e. The summed E-state index contributed by atoms with van der Waals surface area (Å²) in [6, 6.07) is 23.5. The van der Waals surface area contributed by atoms with Gasteiger partial charge in [0.05, 0.1) is 34.1 Å². The first kappa shape index (κ1) is 47.5. The number of nitrogens with zero attached hydrogens (tertiary/aromatic N) is 2. The topological polar surface area (TPSA) is 99.5 Å². The number of carbonyl (C=O) groups is 2. The molecule has 10 rings (SSSR count). The van der Waals surface area contributed by atoms with Crippen molar-refractivity contribution in [1.82, 2.24) is 9.80 Å². The van der Waals surface area contributed by atoms with Crippen molar-refractivity contribution in [2.24, 2.45) is 23.7 Å². The van der Waals surface area contributed by atoms with Gasteiger partial charge in [0, 0.05) is 47.0 Å². The highest BCUT2D eigenvalue weighted by Crippen LogP contribution is 2.46. The second-order valence-corrected chi connectivity index (χ2v) is 22.2. The highest BCUT2D eigenvalue weighted by atomic mass is 35.5. The zero-order valence-corrected chi connectivity index (χ0v) is 41.1. The molecule has 2 aliphatic carbocycles. The summed E-state index contributed by atoms with van der Waals surface area (Å²) in [6.07, 6.45) is 19.8. The number of rotatable bonds is 10. The minimum absolute atomic E-state index is 0.190. The Labute approximate surface area is 402 Å². The fourth-order valence-electron chi connectivity index (χ4n) is 13.2. The van der Waals surface area contributed by atoms with E-state index in [1.54, 1.807) is 0 Å². The number of carboxylic acid groups (broad SMARTS) is 2. The minimum Gasteiger partial charge on any atom is -0.489 e. The van der Waals surface area contributed by atoms with Crippen LogP contribution in [0.25, 0.3) is 21.5 Å². The summed E-state index contributed by atoms with van der Waals surface area (Å²) < 4.78 is 12.6. The molecule has 4 bridgehead atoms. The van der Waals surface area contributed by atoms with Gasteiger partial charge in [0.15, 0.2) is 0 Å². The third kappa shape index (κ3) is 10.2. The van der Waals surface area contributed by atoms with Gasteiger partial charge in [-0.2, -0.15) is 0 Å². The lowest BCUT2D eigenvalue weighted by Gasteiger charge is -2.51. The molecular weight excluding hydrogens is 868 g/mol. The number of piperidine rings is 4. The Morgan fingerprint density at radius 1 is 0.530 bits per heavy atom. The molecule has 4 aromatic carbocycles. The van der Waals surface area contributed by atoms with E-state index in [-0.39, 0.29) is 36.1 Å². The number of hydrogen-bond donors (Lipinski definition) is 2. The zero-order chi connectivity index (χ0) is 46.2. The van der Waals surface area contributed by atoms with Crippen LogP contribution >= 0.6 is 23.2 Å². The van der Waals surface area contributed by atoms with Gasteiger partial charge in [-0.05, 0) is 175 Å². The molecule has 10 heteroatoms. The normalized spacial score (nSPS) is 31.3.